The molecule has 0 radical (unpaired) electrons. The molecule has 0 aliphatic rings. The molecule has 0 amide bonds. The largest absolute Gasteiger partial charge is 0.478 e. The third-order valence-corrected chi connectivity index (χ3v) is 4.60. The molecule has 0 aliphatic heterocycles. The monoisotopic (exact) mass is 301 g/mol. The number of sulfonamides is 1. The molecule has 0 spiro atoms. The third kappa shape index (κ3) is 3.34. The van der Waals surface area contributed by atoms with E-state index in [9.17, 15) is 18.0 Å². The molecule has 0 saturated heterocycles. The topological polar surface area (TPSA) is 101 Å². The number of benzene rings is 1. The number of nitrogens with zero attached hydrogens (tertiary/aromatic N) is 1. The number of carbonyl (C=O) groups excluding carboxylic acids is 1. The van der Waals surface area contributed by atoms with Crippen LogP contribution < -0.4 is 0 Å². The molecule has 7 nitrogen and oxygen atoms in total. The normalized spacial score (nSPS) is 11.3. The molecule has 0 aliphatic carbocycles. The molecule has 1 aromatic carbocycles. The molecule has 1 aromatic rings. The molecule has 0 unspecified atom stereocenters. The van der Waals surface area contributed by atoms with Gasteiger partial charge in [0.2, 0.25) is 10.0 Å². The van der Waals surface area contributed by atoms with Gasteiger partial charge < -0.3 is 9.84 Å². The van der Waals surface area contributed by atoms with Crippen molar-refractivity contribution in [3.8, 4) is 0 Å². The highest BCUT2D eigenvalue weighted by atomic mass is 32.2. The van der Waals surface area contributed by atoms with Crippen LogP contribution in [0.5, 0.6) is 0 Å². The number of likely N-dealkylation sites (N-methyl/N-ethyl adjacent to an activating group) is 1. The summed E-state index contributed by atoms with van der Waals surface area (Å²) in [4.78, 5) is 22.0. The van der Waals surface area contributed by atoms with Gasteiger partial charge in [0.05, 0.1) is 17.6 Å². The fourth-order valence-electron chi connectivity index (χ4n) is 1.58. The van der Waals surface area contributed by atoms with Crippen LogP contribution in [0.4, 0.5) is 0 Å². The van der Waals surface area contributed by atoms with Crippen LogP contribution in [-0.2, 0) is 19.6 Å². The Morgan fingerprint density at radius 2 is 1.90 bits per heavy atom. The maximum Gasteiger partial charge on any atom is 0.337 e. The van der Waals surface area contributed by atoms with E-state index in [0.29, 0.717) is 0 Å². The molecular formula is C12H15NO6S. The Bertz CT molecular complexity index is 610. The van der Waals surface area contributed by atoms with E-state index >= 15 is 0 Å². The van der Waals surface area contributed by atoms with Crippen LogP contribution in [0, 0.1) is 0 Å². The molecule has 0 saturated carbocycles. The van der Waals surface area contributed by atoms with Crippen LogP contribution in [0.15, 0.2) is 29.2 Å². The summed E-state index contributed by atoms with van der Waals surface area (Å²) in [6, 6.07) is 5.24. The van der Waals surface area contributed by atoms with Gasteiger partial charge in [-0.3, -0.25) is 4.79 Å². The minimum Gasteiger partial charge on any atom is -0.478 e. The van der Waals surface area contributed by atoms with E-state index in [1.165, 1.54) is 24.3 Å². The van der Waals surface area contributed by atoms with Gasteiger partial charge in [-0.05, 0) is 12.1 Å². The predicted molar refractivity (Wildman–Crippen MR) is 69.9 cm³/mol. The van der Waals surface area contributed by atoms with Crippen LogP contribution in [0.1, 0.15) is 17.3 Å². The summed E-state index contributed by atoms with van der Waals surface area (Å²) < 4.78 is 30.1. The first kappa shape index (κ1) is 16.1. The number of hydrogen-bond donors (Lipinski definition) is 1. The molecule has 0 atom stereocenters. The maximum atomic E-state index is 12.4. The standard InChI is InChI=1S/C12H15NO6S/c1-3-13(8-11(14)19-2)20(17,18)10-7-5-4-6-9(10)12(15)16/h4-7H,3,8H2,1-2H3,(H,15,16). The van der Waals surface area contributed by atoms with E-state index in [0.717, 1.165) is 11.4 Å². The number of methoxy groups -OCH3 is 1. The number of carboxylic acid groups (broad SMARTS) is 1. The van der Waals surface area contributed by atoms with Gasteiger partial charge in [-0.1, -0.05) is 19.1 Å². The Kier molecular flexibility index (Phi) is 5.23. The van der Waals surface area contributed by atoms with Crippen LogP contribution in [0.25, 0.3) is 0 Å². The number of carboxylic acids is 1. The summed E-state index contributed by atoms with van der Waals surface area (Å²) in [5.74, 6) is -2.07. The Labute approximate surface area is 116 Å². The first-order chi connectivity index (χ1) is 9.34. The minimum atomic E-state index is -4.08. The van der Waals surface area contributed by atoms with Crippen molar-refractivity contribution in [2.24, 2.45) is 0 Å². The Hall–Kier alpha value is -1.93. The number of carbonyl (C=O) groups is 2. The second-order valence-electron chi connectivity index (χ2n) is 3.81. The van der Waals surface area contributed by atoms with Gasteiger partial charge in [0.15, 0.2) is 0 Å². The van der Waals surface area contributed by atoms with Crippen LogP contribution in [0.2, 0.25) is 0 Å². The highest BCUT2D eigenvalue weighted by Gasteiger charge is 2.29. The zero-order valence-corrected chi connectivity index (χ0v) is 11.9. The lowest BCUT2D eigenvalue weighted by atomic mass is 10.2. The lowest BCUT2D eigenvalue weighted by Crippen LogP contribution is -2.36. The smallest absolute Gasteiger partial charge is 0.337 e. The van der Waals surface area contributed by atoms with E-state index in [-0.39, 0.29) is 17.0 Å². The average molecular weight is 301 g/mol. The van der Waals surface area contributed by atoms with Crippen molar-refractivity contribution in [1.82, 2.24) is 4.31 Å². The molecule has 110 valence electrons. The summed E-state index contributed by atoms with van der Waals surface area (Å²) >= 11 is 0. The summed E-state index contributed by atoms with van der Waals surface area (Å²) in [5, 5.41) is 9.04. The highest BCUT2D eigenvalue weighted by molar-refractivity contribution is 7.89. The molecule has 0 heterocycles. The molecular weight excluding hydrogens is 286 g/mol. The average Bonchev–Trinajstić information content (AvgIpc) is 2.44. The zero-order chi connectivity index (χ0) is 15.3. The fourth-order valence-corrected chi connectivity index (χ4v) is 3.16. The first-order valence-corrected chi connectivity index (χ1v) is 7.17. The molecule has 1 rings (SSSR count). The van der Waals surface area contributed by atoms with Crippen LogP contribution in [-0.4, -0.2) is 50.0 Å². The van der Waals surface area contributed by atoms with Gasteiger partial charge in [-0.25, -0.2) is 13.2 Å². The predicted octanol–water partition coefficient (Wildman–Crippen LogP) is 0.568. The highest BCUT2D eigenvalue weighted by Crippen LogP contribution is 2.20. The molecule has 1 N–H and O–H groups in total. The number of aromatic carboxylic acids is 1. The molecule has 0 aromatic heterocycles. The number of ether oxygens (including phenoxy) is 1. The molecule has 0 fully saturated rings. The summed E-state index contributed by atoms with van der Waals surface area (Å²) in [5.41, 5.74) is -0.337. The lowest BCUT2D eigenvalue weighted by Gasteiger charge is -2.20. The number of rotatable bonds is 6. The van der Waals surface area contributed by atoms with E-state index < -0.39 is 28.5 Å². The van der Waals surface area contributed by atoms with Gasteiger partial charge in [0.25, 0.3) is 0 Å². The quantitative estimate of drug-likeness (QED) is 0.771. The van der Waals surface area contributed by atoms with Crippen molar-refractivity contribution in [3.05, 3.63) is 29.8 Å². The van der Waals surface area contributed by atoms with Crippen LogP contribution in [0.3, 0.4) is 0 Å². The number of esters is 1. The first-order valence-electron chi connectivity index (χ1n) is 5.73. The summed E-state index contributed by atoms with van der Waals surface area (Å²) in [6.45, 7) is 1.10. The summed E-state index contributed by atoms with van der Waals surface area (Å²) in [6.07, 6.45) is 0. The van der Waals surface area contributed by atoms with E-state index in [2.05, 4.69) is 4.74 Å². The van der Waals surface area contributed by atoms with E-state index in [1.54, 1.807) is 6.92 Å². The van der Waals surface area contributed by atoms with Gasteiger partial charge in [0, 0.05) is 6.54 Å². The molecule has 20 heavy (non-hydrogen) atoms. The van der Waals surface area contributed by atoms with Crippen molar-refractivity contribution in [3.63, 3.8) is 0 Å². The maximum absolute atomic E-state index is 12.4. The van der Waals surface area contributed by atoms with Crippen molar-refractivity contribution in [2.45, 2.75) is 11.8 Å². The van der Waals surface area contributed by atoms with Gasteiger partial charge in [-0.15, -0.1) is 0 Å². The molecule has 0 bridgehead atoms. The van der Waals surface area contributed by atoms with Crippen molar-refractivity contribution in [2.75, 3.05) is 20.2 Å². The Morgan fingerprint density at radius 3 is 2.40 bits per heavy atom. The zero-order valence-electron chi connectivity index (χ0n) is 11.1. The third-order valence-electron chi connectivity index (χ3n) is 2.62. The minimum absolute atomic E-state index is 0.0192. The Balaban J connectivity index is 3.28. The SMILES string of the molecule is CCN(CC(=O)OC)S(=O)(=O)c1ccccc1C(=O)O. The lowest BCUT2D eigenvalue weighted by molar-refractivity contribution is -0.140. The van der Waals surface area contributed by atoms with Crippen LogP contribution >= 0.6 is 0 Å². The van der Waals surface area contributed by atoms with Gasteiger partial charge >= 0.3 is 11.9 Å². The van der Waals surface area contributed by atoms with E-state index in [1.807, 2.05) is 0 Å². The van der Waals surface area contributed by atoms with Crippen molar-refractivity contribution >= 4 is 22.0 Å². The van der Waals surface area contributed by atoms with Gasteiger partial charge in [0.1, 0.15) is 6.54 Å². The Morgan fingerprint density at radius 1 is 1.30 bits per heavy atom. The van der Waals surface area contributed by atoms with Gasteiger partial charge in [-0.2, -0.15) is 4.31 Å². The fraction of sp³-hybridized carbons (Fsp3) is 0.333. The molecule has 8 heteroatoms. The second-order valence-corrected chi connectivity index (χ2v) is 5.72. The van der Waals surface area contributed by atoms with Crippen molar-refractivity contribution in [1.29, 1.82) is 0 Å². The van der Waals surface area contributed by atoms with E-state index in [4.69, 9.17) is 5.11 Å². The summed E-state index contributed by atoms with van der Waals surface area (Å²) in [7, 11) is -2.93. The van der Waals surface area contributed by atoms with Crippen molar-refractivity contribution < 1.29 is 27.9 Å². The number of hydrogen-bond acceptors (Lipinski definition) is 5. The second kappa shape index (κ2) is 6.49.